The molecule has 0 aliphatic heterocycles. The third-order valence-corrected chi connectivity index (χ3v) is 12.3. The second-order valence-corrected chi connectivity index (χ2v) is 20.8. The summed E-state index contributed by atoms with van der Waals surface area (Å²) >= 11 is 0. The van der Waals surface area contributed by atoms with Gasteiger partial charge >= 0.3 is 0 Å². The molecule has 0 saturated carbocycles. The van der Waals surface area contributed by atoms with Crippen LogP contribution in [-0.4, -0.2) is 14.5 Å². The number of imidazole rings is 1. The Morgan fingerprint density at radius 1 is 0.633 bits per heavy atom. The molecule has 5 aromatic carbocycles. The Bertz CT molecular complexity index is 2890. The second kappa shape index (κ2) is 14.6. The van der Waals surface area contributed by atoms with Crippen molar-refractivity contribution in [3.05, 3.63) is 131 Å². The zero-order valence-electron chi connectivity index (χ0n) is 38.6. The molecular weight excluding hydrogens is 733 g/mol. The van der Waals surface area contributed by atoms with Crippen LogP contribution in [0.2, 0.25) is 0 Å². The van der Waals surface area contributed by atoms with Crippen LogP contribution in [0.25, 0.3) is 72.4 Å². The number of furan rings is 1. The Hall–Kier alpha value is -5.55. The zero-order chi connectivity index (χ0) is 43.2. The van der Waals surface area contributed by atoms with E-state index in [0.717, 1.165) is 56.0 Å². The number of aryl methyl sites for hydroxylation is 2. The van der Waals surface area contributed by atoms with Gasteiger partial charge in [-0.3, -0.25) is 0 Å². The Balaban J connectivity index is 1.41. The molecule has 5 nitrogen and oxygen atoms in total. The lowest BCUT2D eigenvalue weighted by molar-refractivity contribution is -0.633. The molecule has 0 saturated heterocycles. The van der Waals surface area contributed by atoms with Gasteiger partial charge in [0, 0.05) is 39.1 Å². The number of rotatable bonds is 6. The lowest BCUT2D eigenvalue weighted by Gasteiger charge is -2.27. The monoisotopic (exact) mass is 795 g/mol. The predicted molar refractivity (Wildman–Crippen MR) is 253 cm³/mol. The van der Waals surface area contributed by atoms with Crippen molar-refractivity contribution >= 4 is 33.0 Å². The van der Waals surface area contributed by atoms with E-state index in [4.69, 9.17) is 9.40 Å². The van der Waals surface area contributed by atoms with Gasteiger partial charge in [0.15, 0.2) is 16.6 Å². The number of nitrogens with zero attached hydrogens (tertiary/aromatic N) is 4. The van der Waals surface area contributed by atoms with Crippen LogP contribution < -0.4 is 4.57 Å². The van der Waals surface area contributed by atoms with E-state index >= 15 is 0 Å². The molecule has 0 bridgehead atoms. The molecular formula is C55H63N4O+. The highest BCUT2D eigenvalue weighted by Crippen LogP contribution is 2.44. The van der Waals surface area contributed by atoms with Gasteiger partial charge in [0.05, 0.1) is 12.7 Å². The van der Waals surface area contributed by atoms with Crippen LogP contribution in [0.3, 0.4) is 0 Å². The summed E-state index contributed by atoms with van der Waals surface area (Å²) in [7, 11) is 2.21. The Morgan fingerprint density at radius 3 is 1.83 bits per heavy atom. The summed E-state index contributed by atoms with van der Waals surface area (Å²) in [5, 5.41) is 2.19. The zero-order valence-corrected chi connectivity index (χ0v) is 38.6. The van der Waals surface area contributed by atoms with Crippen LogP contribution in [0.5, 0.6) is 0 Å². The van der Waals surface area contributed by atoms with Gasteiger partial charge in [-0.1, -0.05) is 139 Å². The predicted octanol–water partition coefficient (Wildman–Crippen LogP) is 14.6. The summed E-state index contributed by atoms with van der Waals surface area (Å²) in [4.78, 5) is 9.56. The van der Waals surface area contributed by atoms with E-state index in [0.29, 0.717) is 0 Å². The first-order chi connectivity index (χ1) is 28.1. The van der Waals surface area contributed by atoms with Crippen LogP contribution in [0.1, 0.15) is 135 Å². The minimum absolute atomic E-state index is 0.0220. The summed E-state index contributed by atoms with van der Waals surface area (Å²) in [6, 6.07) is 34.0. The number of hydrogen-bond acceptors (Lipinski definition) is 3. The number of para-hydroxylation sites is 2. The average molecular weight is 796 g/mol. The molecule has 0 aliphatic rings. The van der Waals surface area contributed by atoms with Crippen LogP contribution in [-0.2, 0) is 23.3 Å². The van der Waals surface area contributed by atoms with Crippen molar-refractivity contribution in [1.82, 2.24) is 14.5 Å². The first-order valence-corrected chi connectivity index (χ1v) is 21.8. The second-order valence-electron chi connectivity index (χ2n) is 20.8. The highest BCUT2D eigenvalue weighted by atomic mass is 16.3. The minimum Gasteiger partial charge on any atom is -0.455 e. The number of aromatic nitrogens is 4. The summed E-state index contributed by atoms with van der Waals surface area (Å²) in [5.74, 6) is 2.44. The Morgan fingerprint density at radius 2 is 1.23 bits per heavy atom. The van der Waals surface area contributed by atoms with Gasteiger partial charge in [0.25, 0.3) is 5.82 Å². The highest BCUT2D eigenvalue weighted by Gasteiger charge is 2.34. The maximum absolute atomic E-state index is 7.06. The average Bonchev–Trinajstić information content (AvgIpc) is 3.70. The van der Waals surface area contributed by atoms with E-state index in [1.165, 1.54) is 50.1 Å². The van der Waals surface area contributed by atoms with Crippen molar-refractivity contribution in [2.45, 2.75) is 125 Å². The van der Waals surface area contributed by atoms with Gasteiger partial charge in [-0.2, -0.15) is 4.57 Å². The molecule has 0 amide bonds. The fourth-order valence-corrected chi connectivity index (χ4v) is 8.72. The van der Waals surface area contributed by atoms with E-state index in [1.807, 2.05) is 12.3 Å². The van der Waals surface area contributed by atoms with Crippen molar-refractivity contribution in [2.24, 2.45) is 7.05 Å². The number of fused-ring (bicyclic) bond motifs is 4. The summed E-state index contributed by atoms with van der Waals surface area (Å²) in [5.41, 5.74) is 17.3. The third-order valence-electron chi connectivity index (χ3n) is 12.3. The first-order valence-electron chi connectivity index (χ1n) is 21.8. The topological polar surface area (TPSA) is 47.7 Å². The Kier molecular flexibility index (Phi) is 10.0. The fourth-order valence-electron chi connectivity index (χ4n) is 8.72. The Labute approximate surface area is 357 Å². The largest absolute Gasteiger partial charge is 0.455 e. The molecule has 8 aromatic rings. The molecule has 0 atom stereocenters. The maximum Gasteiger partial charge on any atom is 0.299 e. The maximum atomic E-state index is 7.06. The SMILES string of the molecule is Cc1ccc2c(oc3cc(-c4ccnc(C(C)(C)C)n4)ccc32)c1-c1n(-c2c(C(C)C)cc(-c3cc(C(C)(C)C)cc(C(C)(C)C)c3)cc2C(C)C)c2ccccc2[n+]1C. The van der Waals surface area contributed by atoms with Crippen molar-refractivity contribution in [1.29, 1.82) is 0 Å². The van der Waals surface area contributed by atoms with Crippen molar-refractivity contribution < 1.29 is 8.98 Å². The molecule has 5 heteroatoms. The van der Waals surface area contributed by atoms with Crippen LogP contribution >= 0.6 is 0 Å². The van der Waals surface area contributed by atoms with Crippen molar-refractivity contribution in [3.8, 4) is 39.5 Å². The molecule has 0 spiro atoms. The van der Waals surface area contributed by atoms with Gasteiger partial charge in [-0.05, 0) is 99.9 Å². The van der Waals surface area contributed by atoms with Crippen molar-refractivity contribution in [3.63, 3.8) is 0 Å². The van der Waals surface area contributed by atoms with Crippen LogP contribution in [0.15, 0.2) is 102 Å². The molecule has 60 heavy (non-hydrogen) atoms. The molecule has 0 unspecified atom stereocenters. The van der Waals surface area contributed by atoms with Crippen LogP contribution in [0.4, 0.5) is 0 Å². The fraction of sp³-hybridized carbons (Fsp3) is 0.364. The molecule has 308 valence electrons. The molecule has 0 radical (unpaired) electrons. The van der Waals surface area contributed by atoms with Gasteiger partial charge in [0.1, 0.15) is 22.7 Å². The summed E-state index contributed by atoms with van der Waals surface area (Å²) in [6.45, 7) is 32.0. The van der Waals surface area contributed by atoms with Gasteiger partial charge in [-0.15, -0.1) is 0 Å². The molecule has 3 aromatic heterocycles. The lowest BCUT2D eigenvalue weighted by Crippen LogP contribution is -2.30. The van der Waals surface area contributed by atoms with E-state index in [-0.39, 0.29) is 28.1 Å². The lowest BCUT2D eigenvalue weighted by atomic mass is 9.78. The normalized spacial score (nSPS) is 12.9. The molecule has 0 fully saturated rings. The van der Waals surface area contributed by atoms with E-state index in [1.54, 1.807) is 0 Å². The van der Waals surface area contributed by atoms with Gasteiger partial charge in [0.2, 0.25) is 0 Å². The molecule has 0 N–H and O–H groups in total. The van der Waals surface area contributed by atoms with E-state index < -0.39 is 0 Å². The number of hydrogen-bond donors (Lipinski definition) is 0. The summed E-state index contributed by atoms with van der Waals surface area (Å²) < 4.78 is 12.0. The van der Waals surface area contributed by atoms with Gasteiger partial charge < -0.3 is 4.42 Å². The molecule has 8 rings (SSSR count). The third kappa shape index (κ3) is 7.14. The molecule has 0 aliphatic carbocycles. The minimum atomic E-state index is -0.155. The summed E-state index contributed by atoms with van der Waals surface area (Å²) in [6.07, 6.45) is 1.86. The van der Waals surface area contributed by atoms with E-state index in [9.17, 15) is 0 Å². The van der Waals surface area contributed by atoms with Crippen LogP contribution in [0, 0.1) is 6.92 Å². The number of benzene rings is 5. The van der Waals surface area contributed by atoms with E-state index in [2.05, 4.69) is 203 Å². The standard InChI is InChI=1S/C55H63N4O/c1-32(2)42-28-37(36-26-38(53(6,7)8)31-39(27-36)54(9,10)11)29-43(33(3)4)49(42)59-46-19-17-16-18-45(46)58(15)51(59)48-34(5)20-22-41-40-23-21-35(30-47(40)60-50(41)48)44-24-25-56-52(57-44)55(12,13)14/h16-33H,1-15H3/q+1. The molecule has 3 heterocycles. The quantitative estimate of drug-likeness (QED) is 0.158. The van der Waals surface area contributed by atoms with Gasteiger partial charge in [-0.25, -0.2) is 14.5 Å². The van der Waals surface area contributed by atoms with Crippen molar-refractivity contribution in [2.75, 3.05) is 0 Å². The first kappa shape index (κ1) is 41.2. The smallest absolute Gasteiger partial charge is 0.299 e. The highest BCUT2D eigenvalue weighted by molar-refractivity contribution is 6.10.